The van der Waals surface area contributed by atoms with Crippen LogP contribution in [-0.2, 0) is 23.7 Å². The first-order valence-electron chi connectivity index (χ1n) is 9.16. The van der Waals surface area contributed by atoms with E-state index in [4.69, 9.17) is 0 Å². The summed E-state index contributed by atoms with van der Waals surface area (Å²) in [5.41, 5.74) is -1.58. The first-order chi connectivity index (χ1) is 14.5. The molecule has 31 heavy (non-hydrogen) atoms. The van der Waals surface area contributed by atoms with Crippen LogP contribution < -0.4 is 0 Å². The quantitative estimate of drug-likeness (QED) is 0.481. The first-order valence-corrected chi connectivity index (χ1v) is 9.16. The van der Waals surface area contributed by atoms with E-state index >= 15 is 0 Å². The van der Waals surface area contributed by atoms with Gasteiger partial charge in [-0.15, -0.1) is 0 Å². The number of hydrogen-bond donors (Lipinski definition) is 0. The number of halogens is 6. The maximum atomic E-state index is 13.6. The van der Waals surface area contributed by atoms with E-state index in [1.807, 2.05) is 0 Å². The van der Waals surface area contributed by atoms with Crippen LogP contribution in [0.25, 0.3) is 0 Å². The lowest BCUT2D eigenvalue weighted by Gasteiger charge is -2.21. The van der Waals surface area contributed by atoms with Crippen molar-refractivity contribution in [1.29, 1.82) is 0 Å². The van der Waals surface area contributed by atoms with E-state index in [2.05, 4.69) is 10.1 Å². The van der Waals surface area contributed by atoms with E-state index in [1.165, 1.54) is 10.9 Å². The van der Waals surface area contributed by atoms with Gasteiger partial charge >= 0.3 is 12.4 Å². The summed E-state index contributed by atoms with van der Waals surface area (Å²) < 4.78 is 80.8. The Morgan fingerprint density at radius 2 is 1.65 bits per heavy atom. The molecule has 164 valence electrons. The summed E-state index contributed by atoms with van der Waals surface area (Å²) >= 11 is 0. The van der Waals surface area contributed by atoms with Crippen molar-refractivity contribution in [3.8, 4) is 0 Å². The van der Waals surface area contributed by atoms with Gasteiger partial charge in [-0.05, 0) is 42.8 Å². The topological polar surface area (TPSA) is 47.8 Å². The Labute approximate surface area is 173 Å². The van der Waals surface area contributed by atoms with Gasteiger partial charge in [0.25, 0.3) is 0 Å². The molecule has 4 nitrogen and oxygen atoms in total. The van der Waals surface area contributed by atoms with E-state index < -0.39 is 40.9 Å². The number of alkyl halides is 6. The molecule has 2 heterocycles. The molecule has 0 unspecified atom stereocenters. The third-order valence-corrected chi connectivity index (χ3v) is 4.80. The molecule has 0 aliphatic carbocycles. The van der Waals surface area contributed by atoms with Gasteiger partial charge in [-0.2, -0.15) is 31.4 Å². The second-order valence-corrected chi connectivity index (χ2v) is 6.98. The number of carbonyl (C=O) groups excluding carboxylic acids is 1. The number of rotatable bonds is 6. The molecule has 0 bridgehead atoms. The predicted molar refractivity (Wildman–Crippen MR) is 99.1 cm³/mol. The minimum atomic E-state index is -4.74. The number of nitrogens with zero attached hydrogens (tertiary/aromatic N) is 3. The third-order valence-electron chi connectivity index (χ3n) is 4.80. The van der Waals surface area contributed by atoms with Crippen LogP contribution in [0.1, 0.15) is 40.4 Å². The van der Waals surface area contributed by atoms with E-state index in [0.717, 1.165) is 42.6 Å². The van der Waals surface area contributed by atoms with Crippen LogP contribution in [0.5, 0.6) is 0 Å². The van der Waals surface area contributed by atoms with Crippen LogP contribution in [0.4, 0.5) is 26.3 Å². The molecular formula is C21H17F6N3O. The fourth-order valence-corrected chi connectivity index (χ4v) is 3.24. The van der Waals surface area contributed by atoms with Crippen molar-refractivity contribution in [2.24, 2.45) is 0 Å². The molecule has 0 aliphatic rings. The smallest absolute Gasteiger partial charge is 0.298 e. The Morgan fingerprint density at radius 3 is 2.19 bits per heavy atom. The summed E-state index contributed by atoms with van der Waals surface area (Å²) in [7, 11) is 0. The molecule has 3 rings (SSSR count). The van der Waals surface area contributed by atoms with Crippen molar-refractivity contribution in [2.75, 3.05) is 0 Å². The number of ketones is 1. The van der Waals surface area contributed by atoms with Crippen molar-refractivity contribution >= 4 is 5.78 Å². The molecule has 0 saturated heterocycles. The van der Waals surface area contributed by atoms with Gasteiger partial charge in [0, 0.05) is 30.4 Å². The van der Waals surface area contributed by atoms with Crippen molar-refractivity contribution in [3.63, 3.8) is 0 Å². The highest BCUT2D eigenvalue weighted by atomic mass is 19.4. The molecule has 0 amide bonds. The normalized spacial score (nSPS) is 13.3. The van der Waals surface area contributed by atoms with Crippen LogP contribution in [0.2, 0.25) is 0 Å². The molecule has 0 saturated carbocycles. The van der Waals surface area contributed by atoms with Gasteiger partial charge in [0.1, 0.15) is 0 Å². The van der Waals surface area contributed by atoms with Crippen LogP contribution in [-0.4, -0.2) is 20.5 Å². The van der Waals surface area contributed by atoms with E-state index in [1.54, 1.807) is 13.0 Å². The van der Waals surface area contributed by atoms with Crippen molar-refractivity contribution < 1.29 is 31.1 Å². The zero-order chi connectivity index (χ0) is 22.8. The minimum absolute atomic E-state index is 0.128. The summed E-state index contributed by atoms with van der Waals surface area (Å²) in [6.45, 7) is 1.54. The van der Waals surface area contributed by atoms with Crippen LogP contribution in [0, 0.1) is 6.92 Å². The molecule has 0 spiro atoms. The Balaban J connectivity index is 2.01. The number of pyridine rings is 1. The minimum Gasteiger partial charge on any atom is -0.298 e. The van der Waals surface area contributed by atoms with E-state index in [0.29, 0.717) is 5.69 Å². The summed E-state index contributed by atoms with van der Waals surface area (Å²) in [6, 6.07) is 7.33. The molecular weight excluding hydrogens is 424 g/mol. The van der Waals surface area contributed by atoms with E-state index in [-0.39, 0.29) is 18.5 Å². The highest BCUT2D eigenvalue weighted by Crippen LogP contribution is 2.38. The Kier molecular flexibility index (Phi) is 6.19. The second-order valence-electron chi connectivity index (χ2n) is 6.98. The van der Waals surface area contributed by atoms with Gasteiger partial charge in [-0.1, -0.05) is 12.1 Å². The standard InChI is InChI=1S/C21H17F6N3O/c1-13-8-10-29-30(13)12-16(31)11-17(14-4-6-15(7-5-14)20(22,23)24)19-18(21(25,26)27)3-2-9-28-19/h2-10,17H,11-12H2,1H3/t17-/m0/s1. The number of carbonyl (C=O) groups is 1. The third kappa shape index (κ3) is 5.31. The maximum Gasteiger partial charge on any atom is 0.418 e. The highest BCUT2D eigenvalue weighted by Gasteiger charge is 2.37. The maximum absolute atomic E-state index is 13.6. The fourth-order valence-electron chi connectivity index (χ4n) is 3.24. The Hall–Kier alpha value is -3.17. The molecule has 0 N–H and O–H groups in total. The predicted octanol–water partition coefficient (Wildman–Crippen LogP) is 5.42. The lowest BCUT2D eigenvalue weighted by molar-refractivity contribution is -0.139. The van der Waals surface area contributed by atoms with Gasteiger partial charge in [0.2, 0.25) is 0 Å². The summed E-state index contributed by atoms with van der Waals surface area (Å²) in [5, 5.41) is 3.98. The Morgan fingerprint density at radius 1 is 0.968 bits per heavy atom. The lowest BCUT2D eigenvalue weighted by atomic mass is 9.87. The van der Waals surface area contributed by atoms with Gasteiger partial charge in [-0.25, -0.2) is 0 Å². The number of hydrogen-bond acceptors (Lipinski definition) is 3. The zero-order valence-electron chi connectivity index (χ0n) is 16.2. The second kappa shape index (κ2) is 8.52. The van der Waals surface area contributed by atoms with Gasteiger partial charge < -0.3 is 0 Å². The molecule has 1 aromatic carbocycles. The van der Waals surface area contributed by atoms with Gasteiger partial charge in [0.05, 0.1) is 23.4 Å². The number of Topliss-reactive ketones (excluding diaryl/α,β-unsaturated/α-hetero) is 1. The first kappa shape index (κ1) is 22.5. The van der Waals surface area contributed by atoms with Crippen molar-refractivity contribution in [1.82, 2.24) is 14.8 Å². The number of aromatic nitrogens is 3. The summed E-state index contributed by atoms with van der Waals surface area (Å²) in [4.78, 5) is 16.5. The van der Waals surface area contributed by atoms with E-state index in [9.17, 15) is 31.1 Å². The van der Waals surface area contributed by atoms with Gasteiger partial charge in [0.15, 0.2) is 5.78 Å². The average Bonchev–Trinajstić information content (AvgIpc) is 3.09. The number of benzene rings is 1. The molecule has 1 atom stereocenters. The molecule has 2 aromatic heterocycles. The van der Waals surface area contributed by atoms with Gasteiger partial charge in [-0.3, -0.25) is 14.5 Å². The molecule has 0 fully saturated rings. The highest BCUT2D eigenvalue weighted by molar-refractivity contribution is 5.79. The molecule has 10 heteroatoms. The SMILES string of the molecule is Cc1ccnn1CC(=O)C[C@@H](c1ccc(C(F)(F)F)cc1)c1ncccc1C(F)(F)F. The fraction of sp³-hybridized carbons (Fsp3) is 0.286. The Bertz CT molecular complexity index is 1050. The largest absolute Gasteiger partial charge is 0.418 e. The monoisotopic (exact) mass is 441 g/mol. The zero-order valence-corrected chi connectivity index (χ0v) is 16.2. The average molecular weight is 441 g/mol. The number of aryl methyl sites for hydroxylation is 1. The molecule has 3 aromatic rings. The van der Waals surface area contributed by atoms with Crippen LogP contribution in [0.3, 0.4) is 0 Å². The van der Waals surface area contributed by atoms with Crippen LogP contribution in [0.15, 0.2) is 54.9 Å². The van der Waals surface area contributed by atoms with Crippen molar-refractivity contribution in [2.45, 2.75) is 38.2 Å². The molecule has 0 aliphatic heterocycles. The summed E-state index contributed by atoms with van der Waals surface area (Å²) in [5.74, 6) is -1.61. The van der Waals surface area contributed by atoms with Crippen LogP contribution >= 0.6 is 0 Å². The van der Waals surface area contributed by atoms with Crippen molar-refractivity contribution in [3.05, 3.63) is 82.9 Å². The lowest BCUT2D eigenvalue weighted by Crippen LogP contribution is -2.20. The summed E-state index contributed by atoms with van der Waals surface area (Å²) in [6.07, 6.45) is -7.08. The molecule has 0 radical (unpaired) electrons.